The van der Waals surface area contributed by atoms with Crippen LogP contribution in [0.2, 0.25) is 5.02 Å². The summed E-state index contributed by atoms with van der Waals surface area (Å²) in [5, 5.41) is 10.7. The Morgan fingerprint density at radius 2 is 1.84 bits per heavy atom. The van der Waals surface area contributed by atoms with Gasteiger partial charge in [-0.3, -0.25) is 9.38 Å². The number of nitrogens with two attached hydrogens (primary N) is 1. The van der Waals surface area contributed by atoms with E-state index in [1.165, 1.54) is 17.3 Å². The van der Waals surface area contributed by atoms with E-state index in [4.69, 9.17) is 22.3 Å². The first-order valence-electron chi connectivity index (χ1n) is 12.9. The van der Waals surface area contributed by atoms with Crippen molar-refractivity contribution in [2.75, 3.05) is 36.0 Å². The van der Waals surface area contributed by atoms with E-state index < -0.39 is 5.60 Å². The van der Waals surface area contributed by atoms with E-state index in [-0.39, 0.29) is 11.5 Å². The van der Waals surface area contributed by atoms with Crippen LogP contribution < -0.4 is 15.5 Å². The average Bonchev–Trinajstić information content (AvgIpc) is 3.49. The van der Waals surface area contributed by atoms with Crippen molar-refractivity contribution in [2.24, 2.45) is 11.1 Å². The summed E-state index contributed by atoms with van der Waals surface area (Å²) in [4.78, 5) is 24.7. The summed E-state index contributed by atoms with van der Waals surface area (Å²) in [5.41, 5.74) is 9.32. The molecule has 4 aromatic heterocycles. The van der Waals surface area contributed by atoms with Crippen molar-refractivity contribution >= 4 is 40.8 Å². The van der Waals surface area contributed by atoms with E-state index in [0.717, 1.165) is 59.4 Å². The minimum atomic E-state index is -0.701. The predicted octanol–water partition coefficient (Wildman–Crippen LogP) is 3.74. The highest BCUT2D eigenvalue weighted by atomic mass is 35.5. The summed E-state index contributed by atoms with van der Waals surface area (Å²) in [7, 11) is 0. The molecule has 4 aromatic rings. The molecular formula is C27H29ClN8OS. The molecule has 38 heavy (non-hydrogen) atoms. The second kappa shape index (κ2) is 8.81. The molecule has 0 radical (unpaired) electrons. The van der Waals surface area contributed by atoms with Crippen LogP contribution in [-0.4, -0.2) is 61.2 Å². The lowest BCUT2D eigenvalue weighted by Crippen LogP contribution is -2.60. The van der Waals surface area contributed by atoms with Gasteiger partial charge in [0.05, 0.1) is 15.5 Å². The maximum absolute atomic E-state index is 10.1. The van der Waals surface area contributed by atoms with Gasteiger partial charge in [-0.1, -0.05) is 29.4 Å². The highest BCUT2D eigenvalue weighted by molar-refractivity contribution is 7.99. The molecule has 1 spiro atoms. The molecule has 2 saturated heterocycles. The van der Waals surface area contributed by atoms with Crippen LogP contribution in [-0.2, 0) is 6.42 Å². The number of aromatic nitrogens is 5. The normalized spacial score (nSPS) is 21.6. The van der Waals surface area contributed by atoms with Gasteiger partial charge in [0.15, 0.2) is 5.65 Å². The van der Waals surface area contributed by atoms with Gasteiger partial charge in [0, 0.05) is 73.8 Å². The van der Waals surface area contributed by atoms with Crippen LogP contribution in [0.4, 0.5) is 11.8 Å². The second-order valence-electron chi connectivity index (χ2n) is 11.0. The standard InChI is InChI=1S/C27H29ClN8OS/c1-26(37)15-35(16-26)24-21(28)19(4-8-31-24)38-20-14-33-25(36-12-9-32-23(20)36)34-10-5-27(6-11-34)13-18-17(22(27)29)3-2-7-30-18/h2-4,7-9,12,14,22,37H,5-6,10-11,13,15-16,29H2,1H3. The van der Waals surface area contributed by atoms with Crippen molar-refractivity contribution in [3.8, 4) is 0 Å². The highest BCUT2D eigenvalue weighted by Gasteiger charge is 2.47. The lowest BCUT2D eigenvalue weighted by molar-refractivity contribution is 0.0305. The summed E-state index contributed by atoms with van der Waals surface area (Å²) in [6.07, 6.45) is 12.2. The van der Waals surface area contributed by atoms with E-state index in [1.807, 2.05) is 48.7 Å². The fourth-order valence-corrected chi connectivity index (χ4v) is 7.48. The number of halogens is 1. The van der Waals surface area contributed by atoms with E-state index in [0.29, 0.717) is 23.9 Å². The molecule has 9 nitrogen and oxygen atoms in total. The third-order valence-electron chi connectivity index (χ3n) is 8.27. The fraction of sp³-hybridized carbons (Fsp3) is 0.407. The van der Waals surface area contributed by atoms with Gasteiger partial charge in [-0.05, 0) is 49.3 Å². The van der Waals surface area contributed by atoms with Crippen LogP contribution in [0.15, 0.2) is 59.0 Å². The first kappa shape index (κ1) is 24.1. The zero-order valence-electron chi connectivity index (χ0n) is 21.1. The molecule has 0 saturated carbocycles. The molecule has 1 atom stereocenters. The molecule has 3 N–H and O–H groups in total. The van der Waals surface area contributed by atoms with Crippen molar-refractivity contribution in [2.45, 2.75) is 47.6 Å². The fourth-order valence-electron chi connectivity index (χ4n) is 6.24. The number of β-amino-alcohol motifs (C(OH)–C–C–N with tert-alkyl or cyclic N) is 1. The van der Waals surface area contributed by atoms with Gasteiger partial charge in [-0.15, -0.1) is 0 Å². The third-order valence-corrected chi connectivity index (χ3v) is 9.83. The Kier molecular flexibility index (Phi) is 5.59. The van der Waals surface area contributed by atoms with E-state index in [2.05, 4.69) is 30.3 Å². The van der Waals surface area contributed by atoms with Crippen molar-refractivity contribution in [3.63, 3.8) is 0 Å². The van der Waals surface area contributed by atoms with Crippen LogP contribution >= 0.6 is 23.4 Å². The van der Waals surface area contributed by atoms with Crippen LogP contribution in [0, 0.1) is 5.41 Å². The summed E-state index contributed by atoms with van der Waals surface area (Å²) in [6, 6.07) is 6.06. The SMILES string of the molecule is CC1(O)CN(c2nccc(Sc3cnc(N4CCC5(CC4)Cc4ncccc4C5N)n4ccnc34)c2Cl)C1. The monoisotopic (exact) mass is 548 g/mol. The maximum atomic E-state index is 10.1. The summed E-state index contributed by atoms with van der Waals surface area (Å²) in [5.74, 6) is 1.58. The lowest BCUT2D eigenvalue weighted by Gasteiger charge is -2.45. The molecule has 7 rings (SSSR count). The van der Waals surface area contributed by atoms with Crippen LogP contribution in [0.25, 0.3) is 5.65 Å². The molecule has 0 bridgehead atoms. The molecule has 1 unspecified atom stereocenters. The maximum Gasteiger partial charge on any atom is 0.211 e. The number of anilines is 2. The third kappa shape index (κ3) is 3.85. The second-order valence-corrected chi connectivity index (χ2v) is 12.4. The molecule has 3 aliphatic rings. The smallest absolute Gasteiger partial charge is 0.211 e. The molecule has 0 aromatic carbocycles. The number of rotatable bonds is 4. The molecule has 2 fully saturated rings. The number of aliphatic hydroxyl groups is 1. The van der Waals surface area contributed by atoms with Crippen molar-refractivity contribution in [1.82, 2.24) is 24.3 Å². The van der Waals surface area contributed by atoms with E-state index >= 15 is 0 Å². The summed E-state index contributed by atoms with van der Waals surface area (Å²) in [6.45, 7) is 4.61. The van der Waals surface area contributed by atoms with Crippen LogP contribution in [0.3, 0.4) is 0 Å². The number of piperidine rings is 1. The molecule has 6 heterocycles. The number of imidazole rings is 1. The van der Waals surface area contributed by atoms with Crippen molar-refractivity contribution in [3.05, 3.63) is 65.5 Å². The van der Waals surface area contributed by atoms with Crippen molar-refractivity contribution < 1.29 is 5.11 Å². The van der Waals surface area contributed by atoms with Gasteiger partial charge in [0.1, 0.15) is 5.82 Å². The first-order chi connectivity index (χ1) is 18.3. The zero-order chi connectivity index (χ0) is 26.1. The topological polar surface area (TPSA) is 109 Å². The number of hydrogen-bond acceptors (Lipinski definition) is 9. The Morgan fingerprint density at radius 1 is 1.03 bits per heavy atom. The number of fused-ring (bicyclic) bond motifs is 2. The van der Waals surface area contributed by atoms with Crippen LogP contribution in [0.5, 0.6) is 0 Å². The number of hydrogen-bond donors (Lipinski definition) is 2. The lowest BCUT2D eigenvalue weighted by atomic mass is 9.73. The Morgan fingerprint density at radius 3 is 2.61 bits per heavy atom. The zero-order valence-corrected chi connectivity index (χ0v) is 22.7. The first-order valence-corrected chi connectivity index (χ1v) is 14.1. The molecule has 196 valence electrons. The Hall–Kier alpha value is -2.92. The summed E-state index contributed by atoms with van der Waals surface area (Å²) >= 11 is 8.29. The van der Waals surface area contributed by atoms with Gasteiger partial charge in [0.25, 0.3) is 0 Å². The Labute approximate surface area is 230 Å². The van der Waals surface area contributed by atoms with Gasteiger partial charge in [-0.2, -0.15) is 0 Å². The van der Waals surface area contributed by atoms with Crippen LogP contribution in [0.1, 0.15) is 37.1 Å². The van der Waals surface area contributed by atoms with Gasteiger partial charge in [-0.25, -0.2) is 15.0 Å². The Balaban J connectivity index is 1.11. The van der Waals surface area contributed by atoms with E-state index in [1.54, 1.807) is 6.20 Å². The minimum Gasteiger partial charge on any atom is -0.386 e. The molecule has 0 amide bonds. The van der Waals surface area contributed by atoms with E-state index in [9.17, 15) is 5.11 Å². The number of nitrogens with zero attached hydrogens (tertiary/aromatic N) is 7. The van der Waals surface area contributed by atoms with Gasteiger partial charge >= 0.3 is 0 Å². The largest absolute Gasteiger partial charge is 0.386 e. The highest BCUT2D eigenvalue weighted by Crippen LogP contribution is 2.50. The summed E-state index contributed by atoms with van der Waals surface area (Å²) < 4.78 is 2.06. The van der Waals surface area contributed by atoms with Gasteiger partial charge in [0.2, 0.25) is 5.95 Å². The van der Waals surface area contributed by atoms with Gasteiger partial charge < -0.3 is 20.6 Å². The predicted molar refractivity (Wildman–Crippen MR) is 148 cm³/mol. The quantitative estimate of drug-likeness (QED) is 0.394. The van der Waals surface area contributed by atoms with Crippen molar-refractivity contribution in [1.29, 1.82) is 0 Å². The Bertz CT molecular complexity index is 1520. The molecule has 1 aliphatic carbocycles. The average molecular weight is 549 g/mol. The molecule has 2 aliphatic heterocycles. The molecular weight excluding hydrogens is 520 g/mol. The minimum absolute atomic E-state index is 0.0331. The number of pyridine rings is 2. The molecule has 11 heteroatoms.